The number of carboxylic acid groups (broad SMARTS) is 1. The van der Waals surface area contributed by atoms with Crippen molar-refractivity contribution < 1.29 is 27.5 Å². The Balaban J connectivity index is 1.53. The number of carboxylic acids is 1. The van der Waals surface area contributed by atoms with Crippen molar-refractivity contribution in [2.75, 3.05) is 12.3 Å². The molecule has 2 N–H and O–H groups in total. The van der Waals surface area contributed by atoms with Crippen LogP contribution < -0.4 is 4.72 Å². The number of benzene rings is 3. The van der Waals surface area contributed by atoms with Gasteiger partial charge >= 0.3 is 5.97 Å². The van der Waals surface area contributed by atoms with Crippen LogP contribution in [0.2, 0.25) is 10.0 Å². The number of carbonyl (C=O) groups excluding carboxylic acids is 1. The second-order valence-corrected chi connectivity index (χ2v) is 14.9. The lowest BCUT2D eigenvalue weighted by atomic mass is 9.67. The number of likely N-dealkylation sites (tertiary alicyclic amines) is 1. The average Bonchev–Trinajstić information content (AvgIpc) is 3.80. The van der Waals surface area contributed by atoms with E-state index >= 15 is 0 Å². The third-order valence-corrected chi connectivity index (χ3v) is 10.6. The van der Waals surface area contributed by atoms with Crippen molar-refractivity contribution in [1.29, 1.82) is 0 Å². The lowest BCUT2D eigenvalue weighted by Crippen LogP contribution is -2.59. The molecule has 3 aromatic rings. The first-order valence-corrected chi connectivity index (χ1v) is 17.0. The summed E-state index contributed by atoms with van der Waals surface area (Å²) >= 11 is 12.6. The van der Waals surface area contributed by atoms with E-state index < -0.39 is 39.3 Å². The molecule has 2 aliphatic rings. The maximum absolute atomic E-state index is 14.5. The zero-order valence-corrected chi connectivity index (χ0v) is 26.6. The lowest BCUT2D eigenvalue weighted by Gasteiger charge is -2.52. The number of halogens is 3. The fourth-order valence-corrected chi connectivity index (χ4v) is 7.83. The molecule has 3 aromatic carbocycles. The molecule has 0 bridgehead atoms. The summed E-state index contributed by atoms with van der Waals surface area (Å²) in [6, 6.07) is 19.5. The Morgan fingerprint density at radius 2 is 1.75 bits per heavy atom. The number of amides is 1. The fraction of sp³-hybridized carbons (Fsp3) is 0.394. The van der Waals surface area contributed by atoms with Crippen molar-refractivity contribution in [3.05, 3.63) is 105 Å². The summed E-state index contributed by atoms with van der Waals surface area (Å²) in [5, 5.41) is 10.9. The minimum absolute atomic E-state index is 0.000328. The molecule has 4 atom stereocenters. The van der Waals surface area contributed by atoms with Crippen LogP contribution in [0.15, 0.2) is 72.8 Å². The van der Waals surface area contributed by atoms with Crippen molar-refractivity contribution >= 4 is 45.1 Å². The highest BCUT2D eigenvalue weighted by Gasteiger charge is 2.54. The zero-order valence-electron chi connectivity index (χ0n) is 24.3. The van der Waals surface area contributed by atoms with Crippen LogP contribution in [0.3, 0.4) is 0 Å². The van der Waals surface area contributed by atoms with Crippen molar-refractivity contribution in [3.8, 4) is 0 Å². The standard InChI is InChI=1S/C33H35Cl2FN2O5S/c1-33(19-30(39)40)18-27(24-6-4-7-26(35)17-24)31(23-11-13-25(34)14-12-23)38(32(33)41)29(22-9-10-22)20-37-44(42,43)16-15-21-5-2-3-8-28(21)36/h2-8,11-14,17,22,27,29,31,37H,9-10,15-16,18-20H2,1H3,(H,39,40). The Bertz CT molecular complexity index is 1630. The third-order valence-electron chi connectivity index (χ3n) is 8.77. The van der Waals surface area contributed by atoms with Gasteiger partial charge in [-0.1, -0.05) is 72.6 Å². The summed E-state index contributed by atoms with van der Waals surface area (Å²) in [5.41, 5.74) is 0.711. The molecule has 1 amide bonds. The first kappa shape index (κ1) is 32.4. The monoisotopic (exact) mass is 660 g/mol. The van der Waals surface area contributed by atoms with Crippen LogP contribution in [-0.4, -0.2) is 48.6 Å². The summed E-state index contributed by atoms with van der Waals surface area (Å²) in [6.07, 6.45) is 1.48. The molecule has 0 radical (unpaired) electrons. The molecule has 44 heavy (non-hydrogen) atoms. The normalized spacial score (nSPS) is 23.0. The van der Waals surface area contributed by atoms with Gasteiger partial charge < -0.3 is 10.0 Å². The number of aliphatic carboxylic acids is 1. The van der Waals surface area contributed by atoms with Gasteiger partial charge in [0.15, 0.2) is 0 Å². The van der Waals surface area contributed by atoms with Crippen LogP contribution in [0.1, 0.15) is 61.3 Å². The third kappa shape index (κ3) is 7.45. The molecular formula is C33H35Cl2FN2O5S. The van der Waals surface area contributed by atoms with Crippen LogP contribution in [0.25, 0.3) is 0 Å². The molecule has 234 valence electrons. The molecule has 1 aliphatic carbocycles. The molecule has 1 heterocycles. The first-order valence-electron chi connectivity index (χ1n) is 14.6. The molecule has 0 spiro atoms. The van der Waals surface area contributed by atoms with Gasteiger partial charge in [0.25, 0.3) is 0 Å². The van der Waals surface area contributed by atoms with Gasteiger partial charge in [-0.05, 0) is 78.6 Å². The van der Waals surface area contributed by atoms with E-state index in [0.29, 0.717) is 15.6 Å². The molecular weight excluding hydrogens is 626 g/mol. The van der Waals surface area contributed by atoms with Gasteiger partial charge in [-0.25, -0.2) is 17.5 Å². The van der Waals surface area contributed by atoms with Gasteiger partial charge in [-0.15, -0.1) is 0 Å². The topological polar surface area (TPSA) is 104 Å². The largest absolute Gasteiger partial charge is 0.481 e. The molecule has 0 aromatic heterocycles. The van der Waals surface area contributed by atoms with Crippen LogP contribution in [-0.2, 0) is 26.0 Å². The number of rotatable bonds is 12. The first-order chi connectivity index (χ1) is 20.9. The van der Waals surface area contributed by atoms with Crippen LogP contribution in [0.4, 0.5) is 4.39 Å². The summed E-state index contributed by atoms with van der Waals surface area (Å²) in [5.74, 6) is -2.52. The van der Waals surface area contributed by atoms with E-state index in [9.17, 15) is 27.5 Å². The van der Waals surface area contributed by atoms with E-state index in [1.165, 1.54) is 6.07 Å². The molecule has 5 rings (SSSR count). The fourth-order valence-electron chi connectivity index (χ4n) is 6.45. The Morgan fingerprint density at radius 1 is 1.05 bits per heavy atom. The molecule has 7 nitrogen and oxygen atoms in total. The number of piperidine rings is 1. The molecule has 2 fully saturated rings. The van der Waals surface area contributed by atoms with Gasteiger partial charge in [0, 0.05) is 28.5 Å². The number of nitrogens with one attached hydrogen (secondary N) is 1. The Kier molecular flexibility index (Phi) is 9.70. The van der Waals surface area contributed by atoms with Crippen LogP contribution in [0, 0.1) is 17.2 Å². The van der Waals surface area contributed by atoms with E-state index in [2.05, 4.69) is 4.72 Å². The number of aryl methyl sites for hydroxylation is 1. The number of hydrogen-bond donors (Lipinski definition) is 2. The quantitative estimate of drug-likeness (QED) is 0.228. The van der Waals surface area contributed by atoms with E-state index in [0.717, 1.165) is 24.0 Å². The highest BCUT2D eigenvalue weighted by Crippen LogP contribution is 2.54. The Morgan fingerprint density at radius 3 is 2.39 bits per heavy atom. The van der Waals surface area contributed by atoms with E-state index in [-0.39, 0.29) is 49.3 Å². The van der Waals surface area contributed by atoms with Crippen molar-refractivity contribution in [2.24, 2.45) is 11.3 Å². The lowest BCUT2D eigenvalue weighted by molar-refractivity contribution is -0.161. The van der Waals surface area contributed by atoms with Gasteiger partial charge in [0.2, 0.25) is 15.9 Å². The molecule has 1 saturated carbocycles. The number of hydrogen-bond acceptors (Lipinski definition) is 4. The molecule has 4 unspecified atom stereocenters. The summed E-state index contributed by atoms with van der Waals surface area (Å²) < 4.78 is 43.2. The second kappa shape index (κ2) is 13.2. The van der Waals surface area contributed by atoms with Gasteiger partial charge in [-0.2, -0.15) is 0 Å². The van der Waals surface area contributed by atoms with Gasteiger partial charge in [-0.3, -0.25) is 9.59 Å². The van der Waals surface area contributed by atoms with E-state index in [1.54, 1.807) is 48.2 Å². The smallest absolute Gasteiger partial charge is 0.304 e. The van der Waals surface area contributed by atoms with Crippen LogP contribution >= 0.6 is 23.2 Å². The van der Waals surface area contributed by atoms with Gasteiger partial charge in [0.1, 0.15) is 5.82 Å². The highest BCUT2D eigenvalue weighted by molar-refractivity contribution is 7.89. The maximum Gasteiger partial charge on any atom is 0.304 e. The minimum atomic E-state index is -3.84. The summed E-state index contributed by atoms with van der Waals surface area (Å²) in [6.45, 7) is 1.63. The highest BCUT2D eigenvalue weighted by atomic mass is 35.5. The Hall–Kier alpha value is -2.98. The average molecular weight is 662 g/mol. The number of nitrogens with zero attached hydrogens (tertiary/aromatic N) is 1. The second-order valence-electron chi connectivity index (χ2n) is 12.1. The van der Waals surface area contributed by atoms with Gasteiger partial charge in [0.05, 0.1) is 23.6 Å². The van der Waals surface area contributed by atoms with Crippen LogP contribution in [0.5, 0.6) is 0 Å². The van der Waals surface area contributed by atoms with E-state index in [1.807, 2.05) is 30.3 Å². The SMILES string of the molecule is CC1(CC(=O)O)CC(c2cccc(Cl)c2)C(c2ccc(Cl)cc2)N(C(CNS(=O)(=O)CCc2ccccc2F)C2CC2)C1=O. The molecule has 1 aliphatic heterocycles. The zero-order chi connectivity index (χ0) is 31.6. The number of sulfonamides is 1. The summed E-state index contributed by atoms with van der Waals surface area (Å²) in [7, 11) is -3.84. The van der Waals surface area contributed by atoms with E-state index in [4.69, 9.17) is 23.2 Å². The van der Waals surface area contributed by atoms with Crippen molar-refractivity contribution in [1.82, 2.24) is 9.62 Å². The number of carbonyl (C=O) groups is 2. The predicted octanol–water partition coefficient (Wildman–Crippen LogP) is 6.61. The maximum atomic E-state index is 14.5. The minimum Gasteiger partial charge on any atom is -0.481 e. The molecule has 11 heteroatoms. The Labute approximate surface area is 267 Å². The summed E-state index contributed by atoms with van der Waals surface area (Å²) in [4.78, 5) is 28.3. The predicted molar refractivity (Wildman–Crippen MR) is 169 cm³/mol. The molecule has 1 saturated heterocycles. The van der Waals surface area contributed by atoms with Crippen molar-refractivity contribution in [3.63, 3.8) is 0 Å². The van der Waals surface area contributed by atoms with Crippen molar-refractivity contribution in [2.45, 2.75) is 57.0 Å².